The monoisotopic (exact) mass is 1030 g/mol. The molecule has 6 atom stereocenters. The van der Waals surface area contributed by atoms with Gasteiger partial charge < -0.3 is 39.0 Å². The minimum atomic E-state index is -1.91. The lowest BCUT2D eigenvalue weighted by Gasteiger charge is -2.40. The minimum absolute atomic E-state index is 0.0422. The molecule has 0 spiro atoms. The lowest BCUT2D eigenvalue weighted by atomic mass is 9.98. The highest BCUT2D eigenvalue weighted by atomic mass is 16.7. The summed E-state index contributed by atoms with van der Waals surface area (Å²) in [7, 11) is 0. The molecular formula is C61H106O12. The molecule has 1 fully saturated rings. The van der Waals surface area contributed by atoms with E-state index in [-0.39, 0.29) is 25.9 Å². The average Bonchev–Trinajstić information content (AvgIpc) is 3.37. The fourth-order valence-electron chi connectivity index (χ4n) is 8.85. The number of carbonyl (C=O) groups excluding carboxylic acids is 3. The smallest absolute Gasteiger partial charge is 0.335 e. The predicted octanol–water partition coefficient (Wildman–Crippen LogP) is 15.0. The van der Waals surface area contributed by atoms with E-state index in [1.165, 1.54) is 109 Å². The van der Waals surface area contributed by atoms with Gasteiger partial charge in [-0.2, -0.15) is 0 Å². The summed E-state index contributed by atoms with van der Waals surface area (Å²) in [4.78, 5) is 51.0. The van der Waals surface area contributed by atoms with Gasteiger partial charge in [0.2, 0.25) is 0 Å². The van der Waals surface area contributed by atoms with Crippen LogP contribution in [0.25, 0.3) is 0 Å². The number of rotatable bonds is 50. The Labute approximate surface area is 443 Å². The van der Waals surface area contributed by atoms with Gasteiger partial charge in [0.15, 0.2) is 24.6 Å². The first-order chi connectivity index (χ1) is 35.6. The van der Waals surface area contributed by atoms with Crippen molar-refractivity contribution in [3.05, 3.63) is 48.6 Å². The van der Waals surface area contributed by atoms with Crippen molar-refractivity contribution in [1.82, 2.24) is 0 Å². The molecule has 422 valence electrons. The summed E-state index contributed by atoms with van der Waals surface area (Å²) in [6.45, 7) is 5.87. The van der Waals surface area contributed by atoms with Crippen LogP contribution in [-0.4, -0.2) is 89.2 Å². The first-order valence-electron chi connectivity index (χ1n) is 29.6. The van der Waals surface area contributed by atoms with Crippen molar-refractivity contribution in [2.24, 2.45) is 0 Å². The van der Waals surface area contributed by atoms with Crippen LogP contribution in [0.4, 0.5) is 0 Å². The van der Waals surface area contributed by atoms with E-state index in [1.807, 2.05) is 0 Å². The highest BCUT2D eigenvalue weighted by molar-refractivity contribution is 5.74. The van der Waals surface area contributed by atoms with Crippen molar-refractivity contribution in [1.29, 1.82) is 0 Å². The number of esters is 3. The molecule has 0 saturated carbocycles. The van der Waals surface area contributed by atoms with E-state index in [2.05, 4.69) is 69.4 Å². The second-order valence-corrected chi connectivity index (χ2v) is 20.3. The third-order valence-electron chi connectivity index (χ3n) is 13.4. The van der Waals surface area contributed by atoms with Crippen LogP contribution in [-0.2, 0) is 42.9 Å². The Hall–Kier alpha value is -3.32. The fourth-order valence-corrected chi connectivity index (χ4v) is 8.85. The lowest BCUT2D eigenvalue weighted by Crippen LogP contribution is -2.61. The Morgan fingerprint density at radius 1 is 0.466 bits per heavy atom. The first-order valence-corrected chi connectivity index (χ1v) is 29.6. The summed E-state index contributed by atoms with van der Waals surface area (Å²) in [6.07, 6.45) is 46.5. The Bertz CT molecular complexity index is 1460. The summed E-state index contributed by atoms with van der Waals surface area (Å²) in [5.74, 6) is -3.13. The van der Waals surface area contributed by atoms with Crippen LogP contribution >= 0.6 is 0 Å². The topological polar surface area (TPSA) is 175 Å². The normalized spacial score (nSPS) is 18.6. The second-order valence-electron chi connectivity index (χ2n) is 20.3. The molecule has 0 bridgehead atoms. The van der Waals surface area contributed by atoms with Gasteiger partial charge in [0.1, 0.15) is 18.8 Å². The first kappa shape index (κ1) is 67.7. The van der Waals surface area contributed by atoms with Crippen molar-refractivity contribution in [3.8, 4) is 0 Å². The zero-order chi connectivity index (χ0) is 53.3. The van der Waals surface area contributed by atoms with E-state index < -0.39 is 67.3 Å². The van der Waals surface area contributed by atoms with Gasteiger partial charge >= 0.3 is 23.9 Å². The molecule has 12 heteroatoms. The van der Waals surface area contributed by atoms with E-state index in [9.17, 15) is 34.5 Å². The van der Waals surface area contributed by atoms with Crippen molar-refractivity contribution < 1.29 is 58.2 Å². The number of aliphatic hydroxyl groups excluding tert-OH is 2. The van der Waals surface area contributed by atoms with Crippen LogP contribution in [0.1, 0.15) is 265 Å². The molecule has 1 aliphatic heterocycles. The van der Waals surface area contributed by atoms with E-state index in [0.717, 1.165) is 96.3 Å². The Morgan fingerprint density at radius 2 is 0.863 bits per heavy atom. The van der Waals surface area contributed by atoms with Crippen LogP contribution < -0.4 is 0 Å². The van der Waals surface area contributed by atoms with Gasteiger partial charge in [0.05, 0.1) is 6.61 Å². The number of aliphatic hydroxyl groups is 2. The SMILES string of the molecule is CC/C=C\C/C=C\C/C=C\CCCCCCCC(=O)OC1C(OCC(COC(=O)CCCCCCCCC/C=C\CCCCCCCC)OC(=O)CCCCCCCCCCCCC)OC(C(=O)O)C(O)C1O. The summed E-state index contributed by atoms with van der Waals surface area (Å²) in [6, 6.07) is 0. The van der Waals surface area contributed by atoms with Crippen molar-refractivity contribution in [2.45, 2.75) is 302 Å². The van der Waals surface area contributed by atoms with E-state index in [1.54, 1.807) is 0 Å². The van der Waals surface area contributed by atoms with Crippen LogP contribution in [0.2, 0.25) is 0 Å². The van der Waals surface area contributed by atoms with Gasteiger partial charge in [-0.15, -0.1) is 0 Å². The number of carboxylic acid groups (broad SMARTS) is 1. The number of aliphatic carboxylic acids is 1. The molecule has 1 heterocycles. The van der Waals surface area contributed by atoms with Crippen LogP contribution in [0.15, 0.2) is 48.6 Å². The standard InChI is InChI=1S/C61H106O12/c1-4-7-10-13-16-19-22-24-26-27-29-30-33-35-38-41-44-47-53(62)69-50-52(71-54(63)48-45-42-39-36-32-21-18-15-12-9-6-3)51-70-61-59(57(66)56(65)58(73-61)60(67)68)72-55(64)49-46-43-40-37-34-31-28-25-23-20-17-14-11-8-5-2/h8,11,17,20,24-26,28,52,56-59,61,65-66H,4-7,9-10,12-16,18-19,21-23,27,29-51H2,1-3H3,(H,67,68)/b11-8-,20-17-,26-24-,28-25-. The number of carboxylic acids is 1. The molecular weight excluding hydrogens is 925 g/mol. The molecule has 0 aromatic carbocycles. The molecule has 1 rings (SSSR count). The highest BCUT2D eigenvalue weighted by Crippen LogP contribution is 2.26. The minimum Gasteiger partial charge on any atom is -0.479 e. The fraction of sp³-hybridized carbons (Fsp3) is 0.803. The third kappa shape index (κ3) is 39.7. The van der Waals surface area contributed by atoms with E-state index >= 15 is 0 Å². The number of carbonyl (C=O) groups is 4. The van der Waals surface area contributed by atoms with Gasteiger partial charge in [-0.25, -0.2) is 4.79 Å². The van der Waals surface area contributed by atoms with Gasteiger partial charge in [0, 0.05) is 19.3 Å². The van der Waals surface area contributed by atoms with Gasteiger partial charge in [-0.05, 0) is 77.0 Å². The number of unbranched alkanes of at least 4 members (excludes halogenated alkanes) is 28. The van der Waals surface area contributed by atoms with Crippen LogP contribution in [0.3, 0.4) is 0 Å². The number of ether oxygens (including phenoxy) is 5. The average molecular weight is 1030 g/mol. The van der Waals surface area contributed by atoms with E-state index in [0.29, 0.717) is 19.3 Å². The lowest BCUT2D eigenvalue weighted by molar-refractivity contribution is -0.301. The molecule has 1 saturated heterocycles. The third-order valence-corrected chi connectivity index (χ3v) is 13.4. The molecule has 3 N–H and O–H groups in total. The van der Waals surface area contributed by atoms with Crippen molar-refractivity contribution >= 4 is 23.9 Å². The number of hydrogen-bond acceptors (Lipinski definition) is 11. The van der Waals surface area contributed by atoms with Crippen LogP contribution in [0.5, 0.6) is 0 Å². The van der Waals surface area contributed by atoms with Crippen LogP contribution in [0, 0.1) is 0 Å². The van der Waals surface area contributed by atoms with Gasteiger partial charge in [0.25, 0.3) is 0 Å². The Kier molecular flexibility index (Phi) is 45.9. The Morgan fingerprint density at radius 3 is 1.33 bits per heavy atom. The molecule has 12 nitrogen and oxygen atoms in total. The van der Waals surface area contributed by atoms with Gasteiger partial charge in [-0.3, -0.25) is 14.4 Å². The van der Waals surface area contributed by atoms with Gasteiger partial charge in [-0.1, -0.05) is 217 Å². The number of allylic oxidation sites excluding steroid dienone is 8. The molecule has 1 aliphatic rings. The predicted molar refractivity (Wildman–Crippen MR) is 294 cm³/mol. The zero-order valence-electron chi connectivity index (χ0n) is 46.4. The van der Waals surface area contributed by atoms with Crippen molar-refractivity contribution in [2.75, 3.05) is 13.2 Å². The molecule has 0 aromatic rings. The molecule has 0 radical (unpaired) electrons. The zero-order valence-corrected chi connectivity index (χ0v) is 46.4. The molecule has 73 heavy (non-hydrogen) atoms. The number of hydrogen-bond donors (Lipinski definition) is 3. The molecule has 0 aromatic heterocycles. The quantitative estimate of drug-likeness (QED) is 0.0228. The summed E-state index contributed by atoms with van der Waals surface area (Å²) in [5.41, 5.74) is 0. The van der Waals surface area contributed by atoms with E-state index in [4.69, 9.17) is 23.7 Å². The molecule has 0 amide bonds. The largest absolute Gasteiger partial charge is 0.479 e. The maximum atomic E-state index is 13.1. The second kappa shape index (κ2) is 49.6. The van der Waals surface area contributed by atoms with Crippen molar-refractivity contribution in [3.63, 3.8) is 0 Å². The summed E-state index contributed by atoms with van der Waals surface area (Å²) < 4.78 is 28.4. The Balaban J connectivity index is 2.67. The maximum absolute atomic E-state index is 13.1. The molecule has 0 aliphatic carbocycles. The summed E-state index contributed by atoms with van der Waals surface area (Å²) >= 11 is 0. The summed E-state index contributed by atoms with van der Waals surface area (Å²) in [5, 5.41) is 31.4. The highest BCUT2D eigenvalue weighted by Gasteiger charge is 2.50. The maximum Gasteiger partial charge on any atom is 0.335 e. The molecule has 6 unspecified atom stereocenters.